The van der Waals surface area contributed by atoms with E-state index in [1.165, 1.54) is 0 Å². The smallest absolute Gasteiger partial charge is 0.155 e. The van der Waals surface area contributed by atoms with Crippen molar-refractivity contribution in [3.8, 4) is 5.75 Å². The molecule has 1 fully saturated rings. The average Bonchev–Trinajstić information content (AvgIpc) is 2.53. The predicted octanol–water partition coefficient (Wildman–Crippen LogP) is 1.42. The van der Waals surface area contributed by atoms with Crippen LogP contribution in [0.5, 0.6) is 5.75 Å². The van der Waals surface area contributed by atoms with Gasteiger partial charge in [0.05, 0.1) is 6.04 Å². The van der Waals surface area contributed by atoms with Gasteiger partial charge in [0.2, 0.25) is 0 Å². The Hall–Kier alpha value is -1.06. The number of carbonyl (C=O) groups is 1. The third-order valence-corrected chi connectivity index (χ3v) is 2.27. The molecule has 0 aliphatic carbocycles. The highest BCUT2D eigenvalue weighted by Gasteiger charge is 2.24. The number of hydrogen-bond donors (Lipinski definition) is 2. The fraction of sp³-hybridized carbons (Fsp3) is 0.300. The molecule has 1 aliphatic rings. The Kier molecular flexibility index (Phi) is 3.49. The van der Waals surface area contributed by atoms with Crippen LogP contribution in [0.1, 0.15) is 18.0 Å². The highest BCUT2D eigenvalue weighted by atomic mass is 35.5. The number of aromatic hydroxyl groups is 1. The summed E-state index contributed by atoms with van der Waals surface area (Å²) in [5.74, 6) is 0.458. The van der Waals surface area contributed by atoms with Gasteiger partial charge in [-0.15, -0.1) is 12.4 Å². The number of hydrogen-bond acceptors (Lipinski definition) is 3. The molecular formula is C10H12ClNO2. The van der Waals surface area contributed by atoms with E-state index in [4.69, 9.17) is 5.11 Å². The molecule has 3 nitrogen and oxygen atoms in total. The first kappa shape index (κ1) is 11.0. The Morgan fingerprint density at radius 1 is 1.29 bits per heavy atom. The van der Waals surface area contributed by atoms with E-state index < -0.39 is 0 Å². The summed E-state index contributed by atoms with van der Waals surface area (Å²) in [6.45, 7) is 0.754. The number of phenols is 1. The van der Waals surface area contributed by atoms with Gasteiger partial charge in [-0.2, -0.15) is 0 Å². The van der Waals surface area contributed by atoms with Crippen LogP contribution in [0, 0.1) is 0 Å². The molecule has 1 aromatic rings. The second kappa shape index (κ2) is 4.44. The van der Waals surface area contributed by atoms with Crippen LogP contribution in [0.25, 0.3) is 0 Å². The van der Waals surface area contributed by atoms with Crippen molar-refractivity contribution in [1.29, 1.82) is 0 Å². The molecule has 1 heterocycles. The minimum Gasteiger partial charge on any atom is -0.508 e. The second-order valence-corrected chi connectivity index (χ2v) is 3.19. The van der Waals surface area contributed by atoms with E-state index in [2.05, 4.69) is 5.32 Å². The first-order valence-corrected chi connectivity index (χ1v) is 4.32. The quantitative estimate of drug-likeness (QED) is 0.742. The van der Waals surface area contributed by atoms with Crippen LogP contribution < -0.4 is 5.32 Å². The summed E-state index contributed by atoms with van der Waals surface area (Å²) in [6.07, 6.45) is 0.603. The zero-order valence-electron chi connectivity index (χ0n) is 7.56. The first-order chi connectivity index (χ1) is 6.27. The summed E-state index contributed by atoms with van der Waals surface area (Å²) in [7, 11) is 0. The monoisotopic (exact) mass is 213 g/mol. The molecule has 2 rings (SSSR count). The Balaban J connectivity index is 0.000000980. The summed E-state index contributed by atoms with van der Waals surface area (Å²) in [5.41, 5.74) is 0.931. The third-order valence-electron chi connectivity index (χ3n) is 2.27. The first-order valence-electron chi connectivity index (χ1n) is 4.32. The van der Waals surface area contributed by atoms with Crippen LogP contribution in [0.4, 0.5) is 0 Å². The maximum Gasteiger partial charge on any atom is 0.155 e. The number of rotatable bonds is 1. The van der Waals surface area contributed by atoms with Crippen molar-refractivity contribution in [2.75, 3.05) is 6.54 Å². The largest absolute Gasteiger partial charge is 0.508 e. The van der Waals surface area contributed by atoms with E-state index in [0.717, 1.165) is 12.1 Å². The lowest BCUT2D eigenvalue weighted by Crippen LogP contribution is -2.17. The molecule has 0 radical (unpaired) electrons. The summed E-state index contributed by atoms with van der Waals surface area (Å²) in [6, 6.07) is 6.58. The normalized spacial score (nSPS) is 20.6. The molecule has 1 saturated heterocycles. The third kappa shape index (κ3) is 2.05. The maximum absolute atomic E-state index is 11.3. The predicted molar refractivity (Wildman–Crippen MR) is 55.7 cm³/mol. The van der Waals surface area contributed by atoms with Gasteiger partial charge in [0.25, 0.3) is 0 Å². The standard InChI is InChI=1S/C10H11NO2.ClH/c12-8-3-1-7(2-4-8)10-9(13)5-6-11-10;/h1-4,10-12H,5-6H2;1H. The zero-order valence-corrected chi connectivity index (χ0v) is 8.38. The Bertz CT molecular complexity index is 323. The number of Topliss-reactive ketones (excluding diaryl/α,β-unsaturated/α-hetero) is 1. The molecule has 0 saturated carbocycles. The molecule has 1 atom stereocenters. The molecule has 0 amide bonds. The molecule has 1 aliphatic heterocycles. The van der Waals surface area contributed by atoms with Crippen LogP contribution >= 0.6 is 12.4 Å². The van der Waals surface area contributed by atoms with Gasteiger partial charge >= 0.3 is 0 Å². The lowest BCUT2D eigenvalue weighted by atomic mass is 10.0. The summed E-state index contributed by atoms with van der Waals surface area (Å²) in [4.78, 5) is 11.3. The van der Waals surface area contributed by atoms with Crippen molar-refractivity contribution in [2.45, 2.75) is 12.5 Å². The molecule has 0 aromatic heterocycles. The zero-order chi connectivity index (χ0) is 9.26. The maximum atomic E-state index is 11.3. The van der Waals surface area contributed by atoms with E-state index in [1.807, 2.05) is 0 Å². The van der Waals surface area contributed by atoms with Crippen LogP contribution in [-0.4, -0.2) is 17.4 Å². The van der Waals surface area contributed by atoms with Gasteiger partial charge in [0.1, 0.15) is 5.75 Å². The average molecular weight is 214 g/mol. The highest BCUT2D eigenvalue weighted by Crippen LogP contribution is 2.21. The molecule has 2 N–H and O–H groups in total. The second-order valence-electron chi connectivity index (χ2n) is 3.19. The molecule has 1 aromatic carbocycles. The number of benzene rings is 1. The van der Waals surface area contributed by atoms with Gasteiger partial charge in [-0.05, 0) is 17.7 Å². The van der Waals surface area contributed by atoms with Crippen molar-refractivity contribution in [3.05, 3.63) is 29.8 Å². The molecule has 76 valence electrons. The minimum absolute atomic E-state index is 0. The Morgan fingerprint density at radius 3 is 2.43 bits per heavy atom. The highest BCUT2D eigenvalue weighted by molar-refractivity contribution is 5.87. The molecule has 1 unspecified atom stereocenters. The lowest BCUT2D eigenvalue weighted by molar-refractivity contribution is -0.118. The summed E-state index contributed by atoms with van der Waals surface area (Å²) >= 11 is 0. The van der Waals surface area contributed by atoms with E-state index >= 15 is 0 Å². The van der Waals surface area contributed by atoms with Gasteiger partial charge in [-0.3, -0.25) is 4.79 Å². The van der Waals surface area contributed by atoms with Crippen LogP contribution in [0.3, 0.4) is 0 Å². The van der Waals surface area contributed by atoms with Crippen LogP contribution in [-0.2, 0) is 4.79 Å². The summed E-state index contributed by atoms with van der Waals surface area (Å²) in [5, 5.41) is 12.2. The van der Waals surface area contributed by atoms with Gasteiger partial charge in [0, 0.05) is 13.0 Å². The van der Waals surface area contributed by atoms with Crippen molar-refractivity contribution in [2.24, 2.45) is 0 Å². The summed E-state index contributed by atoms with van der Waals surface area (Å²) < 4.78 is 0. The molecule has 0 bridgehead atoms. The van der Waals surface area contributed by atoms with E-state index in [0.29, 0.717) is 6.42 Å². The van der Waals surface area contributed by atoms with Crippen molar-refractivity contribution < 1.29 is 9.90 Å². The number of halogens is 1. The lowest BCUT2D eigenvalue weighted by Gasteiger charge is -2.08. The Labute approximate surface area is 88.5 Å². The van der Waals surface area contributed by atoms with Crippen LogP contribution in [0.2, 0.25) is 0 Å². The molecular weight excluding hydrogens is 202 g/mol. The van der Waals surface area contributed by atoms with E-state index in [1.54, 1.807) is 24.3 Å². The fourth-order valence-corrected chi connectivity index (χ4v) is 1.57. The minimum atomic E-state index is -0.166. The van der Waals surface area contributed by atoms with E-state index in [-0.39, 0.29) is 30.0 Å². The molecule has 4 heteroatoms. The van der Waals surface area contributed by atoms with Crippen molar-refractivity contribution in [3.63, 3.8) is 0 Å². The van der Waals surface area contributed by atoms with Gasteiger partial charge in [-0.25, -0.2) is 0 Å². The molecule has 0 spiro atoms. The van der Waals surface area contributed by atoms with Crippen molar-refractivity contribution in [1.82, 2.24) is 5.32 Å². The number of phenolic OH excluding ortho intramolecular Hbond substituents is 1. The SMILES string of the molecule is Cl.O=C1CCNC1c1ccc(O)cc1. The van der Waals surface area contributed by atoms with Gasteiger partial charge < -0.3 is 10.4 Å². The number of carbonyl (C=O) groups excluding carboxylic acids is 1. The van der Waals surface area contributed by atoms with Crippen LogP contribution in [0.15, 0.2) is 24.3 Å². The van der Waals surface area contributed by atoms with Crippen molar-refractivity contribution >= 4 is 18.2 Å². The van der Waals surface area contributed by atoms with Gasteiger partial charge in [-0.1, -0.05) is 12.1 Å². The van der Waals surface area contributed by atoms with E-state index in [9.17, 15) is 4.79 Å². The number of ketones is 1. The topological polar surface area (TPSA) is 49.3 Å². The fourth-order valence-electron chi connectivity index (χ4n) is 1.57. The number of nitrogens with one attached hydrogen (secondary N) is 1. The molecule has 14 heavy (non-hydrogen) atoms. The Morgan fingerprint density at radius 2 is 1.93 bits per heavy atom. The van der Waals surface area contributed by atoms with Gasteiger partial charge in [0.15, 0.2) is 5.78 Å².